The van der Waals surface area contributed by atoms with Crippen molar-refractivity contribution < 1.29 is 9.90 Å². The smallest absolute Gasteiger partial charge is 0.278 e. The van der Waals surface area contributed by atoms with Crippen LogP contribution in [0, 0.1) is 5.92 Å². The third-order valence-corrected chi connectivity index (χ3v) is 3.98. The maximum absolute atomic E-state index is 12.5. The third kappa shape index (κ3) is 2.82. The van der Waals surface area contributed by atoms with Crippen LogP contribution in [0.4, 0.5) is 0 Å². The molecule has 0 radical (unpaired) electrons. The summed E-state index contributed by atoms with van der Waals surface area (Å²) in [5, 5.41) is 17.4. The van der Waals surface area contributed by atoms with Gasteiger partial charge >= 0.3 is 0 Å². The molecule has 116 valence electrons. The Morgan fingerprint density at radius 2 is 2.18 bits per heavy atom. The highest BCUT2D eigenvalue weighted by Crippen LogP contribution is 2.23. The highest BCUT2D eigenvalue weighted by molar-refractivity contribution is 5.95. The van der Waals surface area contributed by atoms with Crippen molar-refractivity contribution in [3.8, 4) is 11.4 Å². The first-order valence-corrected chi connectivity index (χ1v) is 7.47. The fraction of sp³-hybridized carbons (Fsp3) is 0.375. The monoisotopic (exact) mass is 300 g/mol. The van der Waals surface area contributed by atoms with Gasteiger partial charge in [0.05, 0.1) is 11.9 Å². The summed E-state index contributed by atoms with van der Waals surface area (Å²) in [5.41, 5.74) is 0.931. The van der Waals surface area contributed by atoms with Crippen molar-refractivity contribution >= 4 is 5.91 Å². The summed E-state index contributed by atoms with van der Waals surface area (Å²) in [4.78, 5) is 14.3. The first-order chi connectivity index (χ1) is 10.7. The molecule has 1 fully saturated rings. The highest BCUT2D eigenvalue weighted by atomic mass is 16.3. The number of para-hydroxylation sites is 1. The minimum atomic E-state index is -0.203. The number of rotatable bonds is 4. The second-order valence-corrected chi connectivity index (χ2v) is 5.61. The van der Waals surface area contributed by atoms with Crippen LogP contribution < -0.4 is 5.32 Å². The number of nitrogens with one attached hydrogen (secondary N) is 1. The molecule has 0 bridgehead atoms. The van der Waals surface area contributed by atoms with Gasteiger partial charge in [0, 0.05) is 13.1 Å². The number of aromatic hydroxyl groups is 1. The van der Waals surface area contributed by atoms with Gasteiger partial charge in [0.25, 0.3) is 5.91 Å². The minimum Gasteiger partial charge on any atom is -0.504 e. The fourth-order valence-electron chi connectivity index (χ4n) is 2.85. The number of nitrogens with zero attached hydrogens (tertiary/aromatic N) is 3. The van der Waals surface area contributed by atoms with E-state index >= 15 is 0 Å². The number of likely N-dealkylation sites (tertiary alicyclic amines) is 1. The van der Waals surface area contributed by atoms with Gasteiger partial charge in [-0.1, -0.05) is 18.2 Å². The van der Waals surface area contributed by atoms with Gasteiger partial charge in [-0.05, 0) is 38.1 Å². The summed E-state index contributed by atoms with van der Waals surface area (Å²) in [7, 11) is 1.91. The summed E-state index contributed by atoms with van der Waals surface area (Å²) in [6.07, 6.45) is 2.45. The Kier molecular flexibility index (Phi) is 4.11. The molecule has 6 nitrogen and oxygen atoms in total. The minimum absolute atomic E-state index is 0.0779. The van der Waals surface area contributed by atoms with E-state index in [1.165, 1.54) is 10.9 Å². The standard InChI is InChI=1S/C16H20N4O2/c1-17-9-12-7-8-19(10-12)16(22)15-14(21)11-20(18-15)13-5-3-2-4-6-13/h2-6,11-12,17,21H,7-10H2,1H3. The van der Waals surface area contributed by atoms with E-state index in [2.05, 4.69) is 10.4 Å². The molecule has 1 atom stereocenters. The zero-order valence-corrected chi connectivity index (χ0v) is 12.6. The van der Waals surface area contributed by atoms with Crippen LogP contribution >= 0.6 is 0 Å². The second-order valence-electron chi connectivity index (χ2n) is 5.61. The predicted octanol–water partition coefficient (Wildman–Crippen LogP) is 1.26. The molecule has 3 rings (SSSR count). The van der Waals surface area contributed by atoms with Crippen LogP contribution in [0.5, 0.6) is 5.75 Å². The molecule has 1 aromatic carbocycles. The number of hydrogen-bond donors (Lipinski definition) is 2. The molecule has 0 aliphatic carbocycles. The summed E-state index contributed by atoms with van der Waals surface area (Å²) < 4.78 is 1.53. The van der Waals surface area contributed by atoms with Gasteiger partial charge in [0.15, 0.2) is 11.4 Å². The average Bonchev–Trinajstić information content (AvgIpc) is 3.15. The van der Waals surface area contributed by atoms with Crippen LogP contribution in [0.3, 0.4) is 0 Å². The van der Waals surface area contributed by atoms with Crippen molar-refractivity contribution in [2.24, 2.45) is 5.92 Å². The number of carbonyl (C=O) groups excluding carboxylic acids is 1. The van der Waals surface area contributed by atoms with E-state index in [1.54, 1.807) is 4.90 Å². The lowest BCUT2D eigenvalue weighted by Crippen LogP contribution is -2.30. The second kappa shape index (κ2) is 6.19. The molecule has 0 spiro atoms. The van der Waals surface area contributed by atoms with Gasteiger partial charge in [0.1, 0.15) is 0 Å². The van der Waals surface area contributed by atoms with Crippen molar-refractivity contribution in [3.05, 3.63) is 42.2 Å². The lowest BCUT2D eigenvalue weighted by atomic mass is 10.1. The van der Waals surface area contributed by atoms with Crippen molar-refractivity contribution in [2.75, 3.05) is 26.7 Å². The third-order valence-electron chi connectivity index (χ3n) is 3.98. The van der Waals surface area contributed by atoms with E-state index in [4.69, 9.17) is 0 Å². The van der Waals surface area contributed by atoms with Crippen LogP contribution in [-0.2, 0) is 0 Å². The molecular formula is C16H20N4O2. The van der Waals surface area contributed by atoms with Crippen LogP contribution in [0.15, 0.2) is 36.5 Å². The SMILES string of the molecule is CNCC1CCN(C(=O)c2nn(-c3ccccc3)cc2O)C1. The Labute approximate surface area is 129 Å². The van der Waals surface area contributed by atoms with Crippen molar-refractivity contribution in [2.45, 2.75) is 6.42 Å². The van der Waals surface area contributed by atoms with Gasteiger partial charge in [-0.3, -0.25) is 4.79 Å². The van der Waals surface area contributed by atoms with Crippen LogP contribution in [0.2, 0.25) is 0 Å². The maximum atomic E-state index is 12.5. The normalized spacial score (nSPS) is 17.9. The summed E-state index contributed by atoms with van der Waals surface area (Å²) in [6, 6.07) is 9.43. The Balaban J connectivity index is 1.78. The van der Waals surface area contributed by atoms with E-state index in [9.17, 15) is 9.90 Å². The molecule has 1 amide bonds. The Hall–Kier alpha value is -2.34. The average molecular weight is 300 g/mol. The molecule has 1 aliphatic heterocycles. The van der Waals surface area contributed by atoms with Crippen LogP contribution in [-0.4, -0.2) is 52.4 Å². The van der Waals surface area contributed by atoms with Gasteiger partial charge in [-0.2, -0.15) is 5.10 Å². The Morgan fingerprint density at radius 1 is 1.41 bits per heavy atom. The molecule has 1 aliphatic rings. The Bertz CT molecular complexity index is 653. The number of carbonyl (C=O) groups is 1. The maximum Gasteiger partial charge on any atom is 0.278 e. The summed E-state index contributed by atoms with van der Waals surface area (Å²) >= 11 is 0. The van der Waals surface area contributed by atoms with E-state index in [0.717, 1.165) is 18.7 Å². The van der Waals surface area contributed by atoms with Crippen LogP contribution in [0.1, 0.15) is 16.9 Å². The fourth-order valence-corrected chi connectivity index (χ4v) is 2.85. The number of amides is 1. The zero-order chi connectivity index (χ0) is 15.5. The lowest BCUT2D eigenvalue weighted by molar-refractivity contribution is 0.0778. The van der Waals surface area contributed by atoms with Crippen molar-refractivity contribution in [3.63, 3.8) is 0 Å². The molecular weight excluding hydrogens is 280 g/mol. The van der Waals surface area contributed by atoms with E-state index < -0.39 is 0 Å². The number of benzene rings is 1. The molecule has 2 N–H and O–H groups in total. The molecule has 1 unspecified atom stereocenters. The molecule has 2 aromatic rings. The quantitative estimate of drug-likeness (QED) is 0.892. The van der Waals surface area contributed by atoms with E-state index in [-0.39, 0.29) is 17.4 Å². The number of aromatic nitrogens is 2. The largest absolute Gasteiger partial charge is 0.504 e. The van der Waals surface area contributed by atoms with E-state index in [0.29, 0.717) is 19.0 Å². The highest BCUT2D eigenvalue weighted by Gasteiger charge is 2.29. The molecule has 22 heavy (non-hydrogen) atoms. The molecule has 6 heteroatoms. The zero-order valence-electron chi connectivity index (χ0n) is 12.6. The Morgan fingerprint density at radius 3 is 2.91 bits per heavy atom. The molecule has 0 saturated carbocycles. The number of hydrogen-bond acceptors (Lipinski definition) is 4. The first-order valence-electron chi connectivity index (χ1n) is 7.47. The lowest BCUT2D eigenvalue weighted by Gasteiger charge is -2.15. The topological polar surface area (TPSA) is 70.4 Å². The summed E-state index contributed by atoms with van der Waals surface area (Å²) in [5.74, 6) is 0.184. The summed E-state index contributed by atoms with van der Waals surface area (Å²) in [6.45, 7) is 2.31. The van der Waals surface area contributed by atoms with Crippen molar-refractivity contribution in [1.82, 2.24) is 20.0 Å². The van der Waals surface area contributed by atoms with Gasteiger partial charge in [-0.25, -0.2) is 4.68 Å². The first kappa shape index (κ1) is 14.6. The van der Waals surface area contributed by atoms with Crippen molar-refractivity contribution in [1.29, 1.82) is 0 Å². The van der Waals surface area contributed by atoms with Gasteiger partial charge in [-0.15, -0.1) is 0 Å². The van der Waals surface area contributed by atoms with Crippen LogP contribution in [0.25, 0.3) is 5.69 Å². The molecule has 2 heterocycles. The predicted molar refractivity (Wildman–Crippen MR) is 83.2 cm³/mol. The van der Waals surface area contributed by atoms with E-state index in [1.807, 2.05) is 37.4 Å². The van der Waals surface area contributed by atoms with Gasteiger partial charge in [0.2, 0.25) is 0 Å². The molecule has 1 aromatic heterocycles. The van der Waals surface area contributed by atoms with Gasteiger partial charge < -0.3 is 15.3 Å². The molecule has 1 saturated heterocycles.